The minimum absolute atomic E-state index is 0.0968. The zero-order chi connectivity index (χ0) is 24.1. The predicted molar refractivity (Wildman–Crippen MR) is 129 cm³/mol. The van der Waals surface area contributed by atoms with Crippen molar-refractivity contribution >= 4 is 17.7 Å². The Morgan fingerprint density at radius 3 is 2.50 bits per heavy atom. The number of rotatable bonds is 8. The van der Waals surface area contributed by atoms with Gasteiger partial charge in [-0.3, -0.25) is 14.3 Å². The molecule has 2 aromatic carbocycles. The summed E-state index contributed by atoms with van der Waals surface area (Å²) in [5.41, 5.74) is 1.49. The number of nitrogens with zero attached hydrogens (tertiary/aromatic N) is 5. The molecular formula is C25H29F2N5OS. The molecule has 34 heavy (non-hydrogen) atoms. The van der Waals surface area contributed by atoms with Crippen LogP contribution in [0.4, 0.5) is 8.78 Å². The molecule has 0 bridgehead atoms. The highest BCUT2D eigenvalue weighted by molar-refractivity contribution is 8.00. The van der Waals surface area contributed by atoms with E-state index < -0.39 is 5.25 Å². The third kappa shape index (κ3) is 6.01. The summed E-state index contributed by atoms with van der Waals surface area (Å²) in [5.74, 6) is 0.0322. The molecule has 6 nitrogen and oxygen atoms in total. The van der Waals surface area contributed by atoms with Gasteiger partial charge in [0.2, 0.25) is 5.91 Å². The molecule has 180 valence electrons. The van der Waals surface area contributed by atoms with E-state index in [0.717, 1.165) is 43.0 Å². The normalized spacial score (nSPS) is 15.3. The minimum Gasteiger partial charge on any atom is -0.340 e. The molecule has 1 saturated heterocycles. The lowest BCUT2D eigenvalue weighted by atomic mass is 10.1. The molecule has 1 aliphatic rings. The van der Waals surface area contributed by atoms with Crippen molar-refractivity contribution in [2.24, 2.45) is 0 Å². The Morgan fingerprint density at radius 1 is 1.06 bits per heavy atom. The average Bonchev–Trinajstić information content (AvgIpc) is 3.21. The highest BCUT2D eigenvalue weighted by Crippen LogP contribution is 2.28. The van der Waals surface area contributed by atoms with Crippen LogP contribution in [-0.4, -0.2) is 55.9 Å². The number of aromatic nitrogens is 3. The maximum Gasteiger partial charge on any atom is 0.235 e. The van der Waals surface area contributed by atoms with Crippen LogP contribution >= 0.6 is 11.8 Å². The van der Waals surface area contributed by atoms with E-state index >= 15 is 0 Å². The van der Waals surface area contributed by atoms with E-state index in [0.29, 0.717) is 18.2 Å². The van der Waals surface area contributed by atoms with Gasteiger partial charge in [0.1, 0.15) is 11.6 Å². The maximum atomic E-state index is 13.6. The van der Waals surface area contributed by atoms with E-state index in [4.69, 9.17) is 0 Å². The lowest BCUT2D eigenvalue weighted by Crippen LogP contribution is -2.33. The van der Waals surface area contributed by atoms with Crippen molar-refractivity contribution in [3.8, 4) is 5.69 Å². The molecule has 0 saturated carbocycles. The van der Waals surface area contributed by atoms with Crippen molar-refractivity contribution in [3.63, 3.8) is 0 Å². The van der Waals surface area contributed by atoms with Crippen molar-refractivity contribution in [3.05, 3.63) is 71.6 Å². The molecule has 0 radical (unpaired) electrons. The second kappa shape index (κ2) is 11.1. The van der Waals surface area contributed by atoms with Gasteiger partial charge in [-0.05, 0) is 74.8 Å². The zero-order valence-corrected chi connectivity index (χ0v) is 20.3. The van der Waals surface area contributed by atoms with Crippen LogP contribution in [0.1, 0.15) is 37.6 Å². The van der Waals surface area contributed by atoms with E-state index in [9.17, 15) is 13.6 Å². The molecule has 3 aromatic rings. The van der Waals surface area contributed by atoms with Crippen LogP contribution in [0.3, 0.4) is 0 Å². The summed E-state index contributed by atoms with van der Waals surface area (Å²) in [7, 11) is 1.71. The van der Waals surface area contributed by atoms with Gasteiger partial charge < -0.3 is 4.90 Å². The first kappa shape index (κ1) is 24.3. The summed E-state index contributed by atoms with van der Waals surface area (Å²) >= 11 is 1.31. The molecule has 0 spiro atoms. The lowest BCUT2D eigenvalue weighted by molar-refractivity contribution is -0.129. The average molecular weight is 486 g/mol. The van der Waals surface area contributed by atoms with Gasteiger partial charge in [-0.2, -0.15) is 0 Å². The van der Waals surface area contributed by atoms with Crippen LogP contribution in [0, 0.1) is 11.6 Å². The van der Waals surface area contributed by atoms with Crippen LogP contribution in [0.15, 0.2) is 53.7 Å². The summed E-state index contributed by atoms with van der Waals surface area (Å²) in [6.45, 7) is 4.80. The van der Waals surface area contributed by atoms with Gasteiger partial charge in [0.25, 0.3) is 0 Å². The summed E-state index contributed by atoms with van der Waals surface area (Å²) in [6, 6.07) is 12.5. The van der Waals surface area contributed by atoms with E-state index in [1.54, 1.807) is 36.2 Å². The molecule has 1 aliphatic heterocycles. The number of hydrogen-bond acceptors (Lipinski definition) is 5. The predicted octanol–water partition coefficient (Wildman–Crippen LogP) is 4.67. The largest absolute Gasteiger partial charge is 0.340 e. The number of carbonyl (C=O) groups excluding carboxylic acids is 1. The minimum atomic E-state index is -0.440. The van der Waals surface area contributed by atoms with E-state index in [-0.39, 0.29) is 17.5 Å². The Balaban J connectivity index is 1.52. The van der Waals surface area contributed by atoms with Crippen LogP contribution in [0.2, 0.25) is 0 Å². The van der Waals surface area contributed by atoms with Gasteiger partial charge in [-0.15, -0.1) is 10.2 Å². The van der Waals surface area contributed by atoms with Gasteiger partial charge in [0, 0.05) is 19.3 Å². The monoisotopic (exact) mass is 485 g/mol. The molecule has 0 aliphatic carbocycles. The quantitative estimate of drug-likeness (QED) is 0.434. The third-order valence-corrected chi connectivity index (χ3v) is 6.94. The Labute approximate surface area is 203 Å². The fourth-order valence-electron chi connectivity index (χ4n) is 4.15. The number of carbonyl (C=O) groups is 1. The summed E-state index contributed by atoms with van der Waals surface area (Å²) in [6.07, 6.45) is 3.57. The SMILES string of the molecule is CC(Sc1nnc(CN2CCCCC2)n1-c1ccc(F)cc1)C(=O)N(C)Cc1cccc(F)c1. The Kier molecular flexibility index (Phi) is 7.95. The molecular weight excluding hydrogens is 456 g/mol. The topological polar surface area (TPSA) is 54.3 Å². The van der Waals surface area contributed by atoms with E-state index in [1.807, 2.05) is 11.5 Å². The molecule has 9 heteroatoms. The Hall–Kier alpha value is -2.78. The van der Waals surface area contributed by atoms with Crippen molar-refractivity contribution in [2.75, 3.05) is 20.1 Å². The summed E-state index contributed by atoms with van der Waals surface area (Å²) < 4.78 is 29.0. The summed E-state index contributed by atoms with van der Waals surface area (Å²) in [5, 5.41) is 8.97. The number of halogens is 2. The second-order valence-electron chi connectivity index (χ2n) is 8.63. The fourth-order valence-corrected chi connectivity index (χ4v) is 5.15. The number of piperidine rings is 1. The number of amides is 1. The number of hydrogen-bond donors (Lipinski definition) is 0. The molecule has 2 heterocycles. The maximum absolute atomic E-state index is 13.6. The molecule has 1 fully saturated rings. The van der Waals surface area contributed by atoms with E-state index in [1.165, 1.54) is 42.4 Å². The first-order valence-corrected chi connectivity index (χ1v) is 12.4. The van der Waals surface area contributed by atoms with Crippen LogP contribution in [0.5, 0.6) is 0 Å². The summed E-state index contributed by atoms with van der Waals surface area (Å²) in [4.78, 5) is 17.0. The van der Waals surface area contributed by atoms with Gasteiger partial charge >= 0.3 is 0 Å². The first-order valence-electron chi connectivity index (χ1n) is 11.5. The number of likely N-dealkylation sites (tertiary alicyclic amines) is 1. The molecule has 1 amide bonds. The highest BCUT2D eigenvalue weighted by atomic mass is 32.2. The van der Waals surface area contributed by atoms with Crippen LogP contribution in [-0.2, 0) is 17.9 Å². The second-order valence-corrected chi connectivity index (χ2v) is 9.94. The molecule has 1 atom stereocenters. The van der Waals surface area contributed by atoms with Gasteiger partial charge in [0.15, 0.2) is 11.0 Å². The zero-order valence-electron chi connectivity index (χ0n) is 19.5. The van der Waals surface area contributed by atoms with Crippen LogP contribution in [0.25, 0.3) is 5.69 Å². The molecule has 1 unspecified atom stereocenters. The Morgan fingerprint density at radius 2 is 1.79 bits per heavy atom. The molecule has 4 rings (SSSR count). The Bertz CT molecular complexity index is 1110. The molecule has 0 N–H and O–H groups in total. The van der Waals surface area contributed by atoms with Crippen LogP contribution < -0.4 is 0 Å². The number of benzene rings is 2. The lowest BCUT2D eigenvalue weighted by Gasteiger charge is -2.26. The van der Waals surface area contributed by atoms with Crippen molar-refractivity contribution < 1.29 is 13.6 Å². The van der Waals surface area contributed by atoms with Gasteiger partial charge in [0.05, 0.1) is 11.8 Å². The highest BCUT2D eigenvalue weighted by Gasteiger charge is 2.24. The van der Waals surface area contributed by atoms with Crippen molar-refractivity contribution in [1.29, 1.82) is 0 Å². The first-order chi connectivity index (χ1) is 16.4. The number of thioether (sulfide) groups is 1. The van der Waals surface area contributed by atoms with E-state index in [2.05, 4.69) is 15.1 Å². The smallest absolute Gasteiger partial charge is 0.235 e. The molecule has 1 aromatic heterocycles. The third-order valence-electron chi connectivity index (χ3n) is 5.91. The standard InChI is InChI=1S/C25H29F2N5OS/c1-18(24(33)30(2)16-19-7-6-8-21(27)15-19)34-25-29-28-23(17-31-13-4-3-5-14-31)32(25)22-11-9-20(26)10-12-22/h6-12,15,18H,3-5,13-14,16-17H2,1-2H3. The fraction of sp³-hybridized carbons (Fsp3) is 0.400. The van der Waals surface area contributed by atoms with Crippen molar-refractivity contribution in [2.45, 2.75) is 49.7 Å². The van der Waals surface area contributed by atoms with Gasteiger partial charge in [-0.1, -0.05) is 30.3 Å². The van der Waals surface area contributed by atoms with Gasteiger partial charge in [-0.25, -0.2) is 8.78 Å². The van der Waals surface area contributed by atoms with Crippen molar-refractivity contribution in [1.82, 2.24) is 24.6 Å².